The molecule has 0 aliphatic carbocycles. The van der Waals surface area contributed by atoms with Crippen LogP contribution in [0.4, 0.5) is 5.82 Å². The standard InChI is InChI=1S/C28H42N6O5/c1-17(2)26(35)38-21-20(15-33-11-6-8-28(33)9-13-32(5)14-10-28)37-25(22(21)39-27(36)18(3)4)34-12-7-19-23(29)30-16-31-24(19)34/h7,12,16-18,20-22,25H,6,8-11,13-15H2,1-5H3,(H2,29,30,31)/t20-,21-,22-,25-/m1/s1. The summed E-state index contributed by atoms with van der Waals surface area (Å²) in [7, 11) is 2.17. The SMILES string of the molecule is CC(C)C(=O)O[C@@H]1[C@H](OC(=O)C(C)C)[C@@H](CN2CCCC23CCN(C)CC3)O[C@H]1n1ccc2c(N)ncnc21. The normalized spacial score (nSPS) is 27.7. The van der Waals surface area contributed by atoms with Crippen LogP contribution >= 0.6 is 0 Å². The maximum absolute atomic E-state index is 12.9. The number of carbonyl (C=O) groups excluding carboxylic acids is 2. The molecule has 11 heteroatoms. The van der Waals surface area contributed by atoms with E-state index in [-0.39, 0.29) is 29.3 Å². The molecule has 0 saturated carbocycles. The fraction of sp³-hybridized carbons (Fsp3) is 0.714. The van der Waals surface area contributed by atoms with Gasteiger partial charge in [-0.25, -0.2) is 9.97 Å². The Hall–Kier alpha value is -2.76. The van der Waals surface area contributed by atoms with Crippen LogP contribution in [0.5, 0.6) is 0 Å². The summed E-state index contributed by atoms with van der Waals surface area (Å²) in [4.78, 5) is 39.3. The van der Waals surface area contributed by atoms with E-state index in [4.69, 9.17) is 19.9 Å². The molecule has 3 aliphatic rings. The molecular formula is C28H42N6O5. The average Bonchev–Trinajstić information content (AvgIpc) is 3.59. The van der Waals surface area contributed by atoms with Crippen LogP contribution in [0, 0.1) is 11.8 Å². The van der Waals surface area contributed by atoms with Gasteiger partial charge in [-0.2, -0.15) is 0 Å². The number of rotatable bonds is 7. The predicted octanol–water partition coefficient (Wildman–Crippen LogP) is 2.61. The van der Waals surface area contributed by atoms with Gasteiger partial charge in [-0.05, 0) is 58.4 Å². The first-order chi connectivity index (χ1) is 18.6. The fourth-order valence-electron chi connectivity index (χ4n) is 6.18. The molecule has 39 heavy (non-hydrogen) atoms. The Morgan fingerprint density at radius 1 is 1.05 bits per heavy atom. The average molecular weight is 543 g/mol. The van der Waals surface area contributed by atoms with Gasteiger partial charge in [0.1, 0.15) is 23.9 Å². The Labute approximate surface area is 230 Å². The molecule has 3 fully saturated rings. The van der Waals surface area contributed by atoms with Crippen LogP contribution in [0.3, 0.4) is 0 Å². The van der Waals surface area contributed by atoms with Crippen molar-refractivity contribution in [1.82, 2.24) is 24.3 Å². The maximum Gasteiger partial charge on any atom is 0.308 e. The van der Waals surface area contributed by atoms with Crippen molar-refractivity contribution in [2.24, 2.45) is 11.8 Å². The van der Waals surface area contributed by atoms with E-state index in [1.165, 1.54) is 6.33 Å². The number of carbonyl (C=O) groups is 2. The minimum atomic E-state index is -0.851. The van der Waals surface area contributed by atoms with Crippen LogP contribution in [0.15, 0.2) is 18.6 Å². The minimum Gasteiger partial charge on any atom is -0.455 e. The van der Waals surface area contributed by atoms with E-state index in [1.54, 1.807) is 27.7 Å². The molecule has 0 radical (unpaired) electrons. The van der Waals surface area contributed by atoms with Crippen molar-refractivity contribution in [3.63, 3.8) is 0 Å². The molecule has 3 aliphatic heterocycles. The summed E-state index contributed by atoms with van der Waals surface area (Å²) in [6.45, 7) is 10.8. The third-order valence-electron chi connectivity index (χ3n) is 8.61. The quantitative estimate of drug-likeness (QED) is 0.522. The topological polar surface area (TPSA) is 125 Å². The van der Waals surface area contributed by atoms with Gasteiger partial charge in [-0.1, -0.05) is 27.7 Å². The van der Waals surface area contributed by atoms with Crippen molar-refractivity contribution in [1.29, 1.82) is 0 Å². The number of anilines is 1. The number of nitrogens with zero attached hydrogens (tertiary/aromatic N) is 5. The zero-order valence-electron chi connectivity index (χ0n) is 23.7. The lowest BCUT2D eigenvalue weighted by Crippen LogP contribution is -2.54. The molecule has 0 bridgehead atoms. The molecule has 11 nitrogen and oxygen atoms in total. The van der Waals surface area contributed by atoms with Crippen LogP contribution in [0.1, 0.15) is 59.6 Å². The lowest BCUT2D eigenvalue weighted by atomic mass is 9.85. The number of nitrogen functional groups attached to an aromatic ring is 1. The second-order valence-corrected chi connectivity index (χ2v) is 12.0. The molecule has 0 unspecified atom stereocenters. The van der Waals surface area contributed by atoms with Crippen molar-refractivity contribution < 1.29 is 23.8 Å². The van der Waals surface area contributed by atoms with Gasteiger partial charge >= 0.3 is 11.9 Å². The van der Waals surface area contributed by atoms with Crippen LogP contribution in [0.2, 0.25) is 0 Å². The summed E-state index contributed by atoms with van der Waals surface area (Å²) >= 11 is 0. The molecule has 0 aromatic carbocycles. The van der Waals surface area contributed by atoms with Crippen molar-refractivity contribution >= 4 is 28.8 Å². The van der Waals surface area contributed by atoms with Crippen molar-refractivity contribution in [3.05, 3.63) is 18.6 Å². The third-order valence-corrected chi connectivity index (χ3v) is 8.61. The summed E-state index contributed by atoms with van der Waals surface area (Å²) < 4.78 is 20.7. The highest BCUT2D eigenvalue weighted by atomic mass is 16.6. The van der Waals surface area contributed by atoms with Gasteiger partial charge in [0.15, 0.2) is 18.4 Å². The monoisotopic (exact) mass is 542 g/mol. The van der Waals surface area contributed by atoms with E-state index < -0.39 is 24.5 Å². The smallest absolute Gasteiger partial charge is 0.308 e. The summed E-state index contributed by atoms with van der Waals surface area (Å²) in [6, 6.07) is 1.83. The molecule has 0 amide bonds. The van der Waals surface area contributed by atoms with E-state index in [2.05, 4.69) is 26.8 Å². The first-order valence-corrected chi connectivity index (χ1v) is 14.2. The van der Waals surface area contributed by atoms with Crippen molar-refractivity contribution in [2.75, 3.05) is 39.0 Å². The number of ether oxygens (including phenoxy) is 3. The number of esters is 2. The second-order valence-electron chi connectivity index (χ2n) is 12.0. The number of hydrogen-bond donors (Lipinski definition) is 1. The van der Waals surface area contributed by atoms with Crippen LogP contribution in [-0.2, 0) is 23.8 Å². The molecular weight excluding hydrogens is 500 g/mol. The van der Waals surface area contributed by atoms with Gasteiger partial charge in [0.2, 0.25) is 0 Å². The zero-order valence-corrected chi connectivity index (χ0v) is 23.7. The van der Waals surface area contributed by atoms with Gasteiger partial charge in [0, 0.05) is 18.3 Å². The lowest BCUT2D eigenvalue weighted by Gasteiger charge is -2.45. The van der Waals surface area contributed by atoms with E-state index in [1.807, 2.05) is 16.8 Å². The van der Waals surface area contributed by atoms with E-state index >= 15 is 0 Å². The van der Waals surface area contributed by atoms with Gasteiger partial charge < -0.3 is 29.4 Å². The Kier molecular flexibility index (Phi) is 7.85. The number of nitrogens with two attached hydrogens (primary N) is 1. The lowest BCUT2D eigenvalue weighted by molar-refractivity contribution is -0.172. The molecule has 3 saturated heterocycles. The highest BCUT2D eigenvalue weighted by Crippen LogP contribution is 2.42. The Balaban J connectivity index is 1.51. The molecule has 2 aromatic rings. The van der Waals surface area contributed by atoms with E-state index in [0.29, 0.717) is 23.4 Å². The molecule has 5 rings (SSSR count). The van der Waals surface area contributed by atoms with Crippen molar-refractivity contribution in [2.45, 2.75) is 83.5 Å². The first-order valence-electron chi connectivity index (χ1n) is 14.2. The van der Waals surface area contributed by atoms with Gasteiger partial charge in [-0.3, -0.25) is 14.5 Å². The highest BCUT2D eigenvalue weighted by molar-refractivity contribution is 5.86. The van der Waals surface area contributed by atoms with Crippen LogP contribution < -0.4 is 5.73 Å². The number of likely N-dealkylation sites (tertiary alicyclic amines) is 2. The van der Waals surface area contributed by atoms with E-state index in [9.17, 15) is 9.59 Å². The predicted molar refractivity (Wildman–Crippen MR) is 146 cm³/mol. The Bertz CT molecular complexity index is 1190. The maximum atomic E-state index is 12.9. The van der Waals surface area contributed by atoms with Crippen LogP contribution in [-0.4, -0.2) is 93.4 Å². The molecule has 2 N–H and O–H groups in total. The first kappa shape index (κ1) is 27.8. The molecule has 2 aromatic heterocycles. The summed E-state index contributed by atoms with van der Waals surface area (Å²) in [5.74, 6) is -1.06. The summed E-state index contributed by atoms with van der Waals surface area (Å²) in [5.41, 5.74) is 6.79. The fourth-order valence-corrected chi connectivity index (χ4v) is 6.18. The number of aromatic nitrogens is 3. The van der Waals surface area contributed by atoms with Gasteiger partial charge in [0.05, 0.1) is 17.2 Å². The molecule has 214 valence electrons. The van der Waals surface area contributed by atoms with Crippen molar-refractivity contribution in [3.8, 4) is 0 Å². The van der Waals surface area contributed by atoms with Gasteiger partial charge in [-0.15, -0.1) is 0 Å². The number of piperidine rings is 1. The van der Waals surface area contributed by atoms with Crippen LogP contribution in [0.25, 0.3) is 11.0 Å². The highest BCUT2D eigenvalue weighted by Gasteiger charge is 2.53. The summed E-state index contributed by atoms with van der Waals surface area (Å²) in [5, 5.41) is 0.680. The molecule has 1 spiro atoms. The van der Waals surface area contributed by atoms with E-state index in [0.717, 1.165) is 45.3 Å². The third kappa shape index (κ3) is 5.36. The Morgan fingerprint density at radius 2 is 1.72 bits per heavy atom. The number of hydrogen-bond acceptors (Lipinski definition) is 10. The number of fused-ring (bicyclic) bond motifs is 1. The Morgan fingerprint density at radius 3 is 2.38 bits per heavy atom. The zero-order chi connectivity index (χ0) is 27.9. The largest absolute Gasteiger partial charge is 0.455 e. The minimum absolute atomic E-state index is 0.118. The summed E-state index contributed by atoms with van der Waals surface area (Å²) in [6.07, 6.45) is 4.83. The second kappa shape index (κ2) is 11.0. The molecule has 5 heterocycles. The van der Waals surface area contributed by atoms with Gasteiger partial charge in [0.25, 0.3) is 0 Å². The molecule has 4 atom stereocenters.